The monoisotopic (exact) mass is 361 g/mol. The highest BCUT2D eigenvalue weighted by Crippen LogP contribution is 2.39. The number of benzene rings is 1. The fraction of sp³-hybridized carbons (Fsp3) is 0.500. The van der Waals surface area contributed by atoms with Crippen molar-refractivity contribution in [3.05, 3.63) is 33.3 Å². The molecule has 19 heavy (non-hydrogen) atoms. The number of halogens is 2. The first-order valence-corrected chi connectivity index (χ1v) is 8.74. The normalized spacial score (nSPS) is 17.4. The van der Waals surface area contributed by atoms with Crippen molar-refractivity contribution in [2.75, 3.05) is 12.8 Å². The van der Waals surface area contributed by atoms with Gasteiger partial charge in [0.25, 0.3) is 5.91 Å². The molecule has 0 bridgehead atoms. The van der Waals surface area contributed by atoms with Gasteiger partial charge in [0.15, 0.2) is 0 Å². The van der Waals surface area contributed by atoms with E-state index in [0.717, 1.165) is 11.0 Å². The molecule has 1 amide bonds. The van der Waals surface area contributed by atoms with Crippen molar-refractivity contribution >= 4 is 45.2 Å². The number of amides is 1. The zero-order chi connectivity index (χ0) is 13.9. The molecule has 0 unspecified atom stereocenters. The lowest BCUT2D eigenvalue weighted by Gasteiger charge is -2.26. The highest BCUT2D eigenvalue weighted by molar-refractivity contribution is 9.10. The molecule has 1 saturated carbocycles. The van der Waals surface area contributed by atoms with Gasteiger partial charge in [-0.2, -0.15) is 11.8 Å². The molecule has 0 spiro atoms. The molecule has 0 saturated heterocycles. The Bertz CT molecular complexity index is 454. The molecule has 0 radical (unpaired) electrons. The fourth-order valence-corrected chi connectivity index (χ4v) is 4.27. The SMILES string of the molecule is CSC1(CNC(=O)c2cc(Cl)cc(Br)c2)CCCC1. The third-order valence-electron chi connectivity index (χ3n) is 3.64. The van der Waals surface area contributed by atoms with Crippen LogP contribution < -0.4 is 5.32 Å². The molecule has 5 heteroatoms. The van der Waals surface area contributed by atoms with Crippen LogP contribution in [0.1, 0.15) is 36.0 Å². The van der Waals surface area contributed by atoms with Crippen LogP contribution in [0.3, 0.4) is 0 Å². The lowest BCUT2D eigenvalue weighted by atomic mass is 10.1. The summed E-state index contributed by atoms with van der Waals surface area (Å²) in [5.74, 6) is -0.0523. The van der Waals surface area contributed by atoms with Crippen LogP contribution in [-0.4, -0.2) is 23.5 Å². The number of rotatable bonds is 4. The molecule has 2 rings (SSSR count). The lowest BCUT2D eigenvalue weighted by Crippen LogP contribution is -2.38. The van der Waals surface area contributed by atoms with Crippen LogP contribution in [0.15, 0.2) is 22.7 Å². The van der Waals surface area contributed by atoms with E-state index < -0.39 is 0 Å². The molecular weight excluding hydrogens is 346 g/mol. The summed E-state index contributed by atoms with van der Waals surface area (Å²) < 4.78 is 1.05. The number of thioether (sulfide) groups is 1. The van der Waals surface area contributed by atoms with Crippen molar-refractivity contribution in [2.24, 2.45) is 0 Å². The molecular formula is C14H17BrClNOS. The Kier molecular flexibility index (Phi) is 5.21. The van der Waals surface area contributed by atoms with E-state index in [1.165, 1.54) is 25.7 Å². The lowest BCUT2D eigenvalue weighted by molar-refractivity contribution is 0.0949. The second kappa shape index (κ2) is 6.51. The highest BCUT2D eigenvalue weighted by Gasteiger charge is 2.33. The molecule has 1 aromatic carbocycles. The van der Waals surface area contributed by atoms with Gasteiger partial charge in [-0.1, -0.05) is 40.4 Å². The van der Waals surface area contributed by atoms with Crippen molar-refractivity contribution in [1.29, 1.82) is 0 Å². The first-order chi connectivity index (χ1) is 9.04. The van der Waals surface area contributed by atoms with Crippen molar-refractivity contribution in [2.45, 2.75) is 30.4 Å². The molecule has 104 valence electrons. The van der Waals surface area contributed by atoms with E-state index in [-0.39, 0.29) is 10.7 Å². The maximum absolute atomic E-state index is 12.2. The third-order valence-corrected chi connectivity index (χ3v) is 5.74. The summed E-state index contributed by atoms with van der Waals surface area (Å²) in [4.78, 5) is 12.2. The van der Waals surface area contributed by atoms with Gasteiger partial charge in [-0.25, -0.2) is 0 Å². The van der Waals surface area contributed by atoms with Crippen LogP contribution in [0.2, 0.25) is 5.02 Å². The van der Waals surface area contributed by atoms with Crippen LogP contribution in [-0.2, 0) is 0 Å². The highest BCUT2D eigenvalue weighted by atomic mass is 79.9. The molecule has 0 aromatic heterocycles. The molecule has 0 heterocycles. The first kappa shape index (κ1) is 15.2. The maximum Gasteiger partial charge on any atom is 0.251 e. The summed E-state index contributed by atoms with van der Waals surface area (Å²) in [5.41, 5.74) is 0.605. The van der Waals surface area contributed by atoms with E-state index in [9.17, 15) is 4.79 Å². The average Bonchev–Trinajstić information content (AvgIpc) is 2.84. The minimum absolute atomic E-state index is 0.0523. The van der Waals surface area contributed by atoms with Gasteiger partial charge in [0.05, 0.1) is 0 Å². The molecule has 1 N–H and O–H groups in total. The van der Waals surface area contributed by atoms with E-state index in [2.05, 4.69) is 27.5 Å². The van der Waals surface area contributed by atoms with Gasteiger partial charge in [0.1, 0.15) is 0 Å². The van der Waals surface area contributed by atoms with Gasteiger partial charge in [-0.3, -0.25) is 4.79 Å². The van der Waals surface area contributed by atoms with Gasteiger partial charge in [0, 0.05) is 26.4 Å². The first-order valence-electron chi connectivity index (χ1n) is 6.34. The average molecular weight is 363 g/mol. The molecule has 2 nitrogen and oxygen atoms in total. The third kappa shape index (κ3) is 3.89. The summed E-state index contributed by atoms with van der Waals surface area (Å²) >= 11 is 11.2. The van der Waals surface area contributed by atoms with Crippen LogP contribution >= 0.6 is 39.3 Å². The number of hydrogen-bond donors (Lipinski definition) is 1. The summed E-state index contributed by atoms with van der Waals surface area (Å²) in [7, 11) is 0. The molecule has 1 aliphatic rings. The van der Waals surface area contributed by atoms with Crippen molar-refractivity contribution in [3.63, 3.8) is 0 Å². The van der Waals surface area contributed by atoms with E-state index in [4.69, 9.17) is 11.6 Å². The predicted octanol–water partition coefficient (Wildman–Crippen LogP) is 4.51. The second-order valence-electron chi connectivity index (χ2n) is 4.94. The topological polar surface area (TPSA) is 29.1 Å². The number of nitrogens with one attached hydrogen (secondary N) is 1. The molecule has 0 atom stereocenters. The zero-order valence-electron chi connectivity index (χ0n) is 10.8. The van der Waals surface area contributed by atoms with Crippen LogP contribution in [0.5, 0.6) is 0 Å². The Morgan fingerprint density at radius 2 is 2.11 bits per heavy atom. The van der Waals surface area contributed by atoms with Gasteiger partial charge >= 0.3 is 0 Å². The Labute approximate surface area is 131 Å². The Morgan fingerprint density at radius 1 is 1.42 bits per heavy atom. The Morgan fingerprint density at radius 3 is 2.68 bits per heavy atom. The predicted molar refractivity (Wildman–Crippen MR) is 86.2 cm³/mol. The van der Waals surface area contributed by atoms with Gasteiger partial charge in [0.2, 0.25) is 0 Å². The standard InChI is InChI=1S/C14H17BrClNOS/c1-19-14(4-2-3-5-14)9-17-13(18)10-6-11(15)8-12(16)7-10/h6-8H,2-5,9H2,1H3,(H,17,18). The van der Waals surface area contributed by atoms with Crippen LogP contribution in [0.25, 0.3) is 0 Å². The quantitative estimate of drug-likeness (QED) is 0.854. The summed E-state index contributed by atoms with van der Waals surface area (Å²) in [6.45, 7) is 0.733. The summed E-state index contributed by atoms with van der Waals surface area (Å²) in [5, 5.41) is 3.62. The molecule has 1 aromatic rings. The maximum atomic E-state index is 12.2. The smallest absolute Gasteiger partial charge is 0.251 e. The van der Waals surface area contributed by atoms with Gasteiger partial charge in [-0.05, 0) is 37.3 Å². The fourth-order valence-electron chi connectivity index (χ4n) is 2.50. The van der Waals surface area contributed by atoms with Crippen molar-refractivity contribution in [3.8, 4) is 0 Å². The molecule has 1 aliphatic carbocycles. The number of hydrogen-bond acceptors (Lipinski definition) is 2. The van der Waals surface area contributed by atoms with Crippen LogP contribution in [0, 0.1) is 0 Å². The van der Waals surface area contributed by atoms with Crippen molar-refractivity contribution in [1.82, 2.24) is 5.32 Å². The minimum Gasteiger partial charge on any atom is -0.351 e. The summed E-state index contributed by atoms with van der Waals surface area (Å²) in [6, 6.07) is 5.27. The second-order valence-corrected chi connectivity index (χ2v) is 7.56. The van der Waals surface area contributed by atoms with Crippen LogP contribution in [0.4, 0.5) is 0 Å². The van der Waals surface area contributed by atoms with E-state index in [1.807, 2.05) is 11.8 Å². The van der Waals surface area contributed by atoms with E-state index in [1.54, 1.807) is 18.2 Å². The Balaban J connectivity index is 2.01. The largest absolute Gasteiger partial charge is 0.351 e. The molecule has 1 fully saturated rings. The zero-order valence-corrected chi connectivity index (χ0v) is 14.0. The van der Waals surface area contributed by atoms with Gasteiger partial charge in [-0.15, -0.1) is 0 Å². The van der Waals surface area contributed by atoms with Crippen molar-refractivity contribution < 1.29 is 4.79 Å². The molecule has 0 aliphatic heterocycles. The number of carbonyl (C=O) groups excluding carboxylic acids is 1. The minimum atomic E-state index is -0.0523. The Hall–Kier alpha value is -0.190. The number of carbonyl (C=O) groups is 1. The van der Waals surface area contributed by atoms with E-state index >= 15 is 0 Å². The van der Waals surface area contributed by atoms with E-state index in [0.29, 0.717) is 10.6 Å². The van der Waals surface area contributed by atoms with Gasteiger partial charge < -0.3 is 5.32 Å². The summed E-state index contributed by atoms with van der Waals surface area (Å²) in [6.07, 6.45) is 7.04.